The van der Waals surface area contributed by atoms with Crippen molar-refractivity contribution in [3.63, 3.8) is 0 Å². The van der Waals surface area contributed by atoms with Crippen molar-refractivity contribution < 1.29 is 19.8 Å². The third kappa shape index (κ3) is 2.18. The lowest BCUT2D eigenvalue weighted by atomic mass is 9.89. The van der Waals surface area contributed by atoms with Crippen LogP contribution in [0.3, 0.4) is 0 Å². The number of hydrogen-bond acceptors (Lipinski definition) is 2. The Morgan fingerprint density at radius 1 is 1.40 bits per heavy atom. The van der Waals surface area contributed by atoms with Crippen molar-refractivity contribution in [3.05, 3.63) is 23.8 Å². The van der Waals surface area contributed by atoms with E-state index in [0.717, 1.165) is 5.57 Å². The molecule has 0 saturated carbocycles. The van der Waals surface area contributed by atoms with Crippen LogP contribution in [0, 0.1) is 0 Å². The van der Waals surface area contributed by atoms with Crippen LogP contribution in [-0.2, 0) is 0 Å². The Hall–Kier alpha value is -1.78. The fraction of sp³-hybridized carbons (Fsp3) is 0.400. The molecule has 2 amide bonds. The van der Waals surface area contributed by atoms with Crippen molar-refractivity contribution in [2.45, 2.75) is 25.8 Å². The standard InChI is InChI=1S/C10H13NO4/c1-7-3-5-10(2,6-4-7)11(8(12)13)9(14)15/h3-5H,6H2,1-2H3,(H,12,13)(H,14,15). The molecule has 0 aliphatic heterocycles. The summed E-state index contributed by atoms with van der Waals surface area (Å²) in [5.74, 6) is 0. The topological polar surface area (TPSA) is 77.8 Å². The molecular formula is C10H13NO4. The predicted octanol–water partition coefficient (Wildman–Crippen LogP) is 2.31. The third-order valence-corrected chi connectivity index (χ3v) is 2.44. The van der Waals surface area contributed by atoms with Crippen molar-refractivity contribution in [2.24, 2.45) is 0 Å². The number of allylic oxidation sites excluding steroid dienone is 2. The molecule has 1 atom stereocenters. The van der Waals surface area contributed by atoms with E-state index in [1.54, 1.807) is 19.1 Å². The monoisotopic (exact) mass is 211 g/mol. The number of carboxylic acid groups (broad SMARTS) is 2. The molecule has 5 nitrogen and oxygen atoms in total. The van der Waals surface area contributed by atoms with Crippen molar-refractivity contribution in [1.29, 1.82) is 0 Å². The molecule has 0 spiro atoms. The Kier molecular flexibility index (Phi) is 2.83. The van der Waals surface area contributed by atoms with Gasteiger partial charge in [-0.1, -0.05) is 23.8 Å². The SMILES string of the molecule is CC1=CCC(C)(N(C(=O)O)C(=O)O)C=C1. The highest BCUT2D eigenvalue weighted by atomic mass is 16.4. The van der Waals surface area contributed by atoms with Gasteiger partial charge in [-0.2, -0.15) is 0 Å². The molecule has 0 fully saturated rings. The zero-order chi connectivity index (χ0) is 11.6. The lowest BCUT2D eigenvalue weighted by Gasteiger charge is -2.34. The van der Waals surface area contributed by atoms with Gasteiger partial charge in [0.1, 0.15) is 0 Å². The summed E-state index contributed by atoms with van der Waals surface area (Å²) in [6, 6.07) is 0. The highest BCUT2D eigenvalue weighted by Crippen LogP contribution is 2.27. The van der Waals surface area contributed by atoms with Crippen molar-refractivity contribution in [3.8, 4) is 0 Å². The molecule has 1 aliphatic rings. The molecule has 0 aromatic carbocycles. The third-order valence-electron chi connectivity index (χ3n) is 2.44. The average Bonchev–Trinajstić information content (AvgIpc) is 2.09. The minimum absolute atomic E-state index is 0.369. The van der Waals surface area contributed by atoms with E-state index in [4.69, 9.17) is 10.2 Å². The zero-order valence-corrected chi connectivity index (χ0v) is 8.60. The maximum Gasteiger partial charge on any atom is 0.417 e. The van der Waals surface area contributed by atoms with E-state index in [-0.39, 0.29) is 0 Å². The molecule has 0 aromatic heterocycles. The molecule has 0 bridgehead atoms. The summed E-state index contributed by atoms with van der Waals surface area (Å²) in [4.78, 5) is 22.1. The predicted molar refractivity (Wildman–Crippen MR) is 53.8 cm³/mol. The molecule has 2 N–H and O–H groups in total. The van der Waals surface area contributed by atoms with Crippen molar-refractivity contribution >= 4 is 12.2 Å². The first-order valence-electron chi connectivity index (χ1n) is 4.49. The molecule has 1 rings (SSSR count). The Balaban J connectivity index is 3.00. The summed E-state index contributed by atoms with van der Waals surface area (Å²) in [7, 11) is 0. The summed E-state index contributed by atoms with van der Waals surface area (Å²) in [5, 5.41) is 17.6. The largest absolute Gasteiger partial charge is 0.464 e. The van der Waals surface area contributed by atoms with Crippen LogP contribution in [0.4, 0.5) is 9.59 Å². The van der Waals surface area contributed by atoms with Crippen LogP contribution in [0.25, 0.3) is 0 Å². The van der Waals surface area contributed by atoms with Gasteiger partial charge in [-0.15, -0.1) is 0 Å². The number of rotatable bonds is 1. The highest BCUT2D eigenvalue weighted by Gasteiger charge is 2.38. The van der Waals surface area contributed by atoms with Crippen LogP contribution in [0.15, 0.2) is 23.8 Å². The second-order valence-corrected chi connectivity index (χ2v) is 3.74. The average molecular weight is 211 g/mol. The molecular weight excluding hydrogens is 198 g/mol. The van der Waals surface area contributed by atoms with Crippen LogP contribution < -0.4 is 0 Å². The Labute approximate surface area is 87.3 Å². The van der Waals surface area contributed by atoms with Gasteiger partial charge in [0, 0.05) is 0 Å². The zero-order valence-electron chi connectivity index (χ0n) is 8.60. The van der Waals surface area contributed by atoms with Crippen LogP contribution in [0.2, 0.25) is 0 Å². The van der Waals surface area contributed by atoms with Gasteiger partial charge >= 0.3 is 12.2 Å². The lowest BCUT2D eigenvalue weighted by Crippen LogP contribution is -2.51. The van der Waals surface area contributed by atoms with Gasteiger partial charge in [0.15, 0.2) is 0 Å². The quantitative estimate of drug-likeness (QED) is 0.697. The molecule has 15 heavy (non-hydrogen) atoms. The molecule has 82 valence electrons. The van der Waals surface area contributed by atoms with E-state index >= 15 is 0 Å². The fourth-order valence-corrected chi connectivity index (χ4v) is 1.50. The number of carbonyl (C=O) groups is 2. The normalized spacial score (nSPS) is 24.5. The molecule has 0 radical (unpaired) electrons. The van der Waals surface area contributed by atoms with Gasteiger partial charge < -0.3 is 10.2 Å². The van der Waals surface area contributed by atoms with E-state index < -0.39 is 17.7 Å². The first kappa shape index (κ1) is 11.3. The lowest BCUT2D eigenvalue weighted by molar-refractivity contribution is 0.0914. The van der Waals surface area contributed by atoms with E-state index in [9.17, 15) is 9.59 Å². The maximum absolute atomic E-state index is 10.8. The first-order valence-corrected chi connectivity index (χ1v) is 4.49. The number of nitrogens with zero attached hydrogens (tertiary/aromatic N) is 1. The molecule has 1 unspecified atom stereocenters. The Morgan fingerprint density at radius 3 is 2.27 bits per heavy atom. The summed E-state index contributed by atoms with van der Waals surface area (Å²) < 4.78 is 0. The summed E-state index contributed by atoms with van der Waals surface area (Å²) in [5.41, 5.74) is 0.000164. The Morgan fingerprint density at radius 2 is 1.93 bits per heavy atom. The van der Waals surface area contributed by atoms with Gasteiger partial charge in [-0.05, 0) is 20.3 Å². The van der Waals surface area contributed by atoms with Crippen molar-refractivity contribution in [2.75, 3.05) is 0 Å². The minimum atomic E-state index is -1.46. The molecule has 0 aromatic rings. The van der Waals surface area contributed by atoms with E-state index in [2.05, 4.69) is 0 Å². The number of hydrogen-bond donors (Lipinski definition) is 2. The van der Waals surface area contributed by atoms with Crippen LogP contribution in [0.5, 0.6) is 0 Å². The van der Waals surface area contributed by atoms with E-state index in [1.807, 2.05) is 13.0 Å². The number of amides is 2. The van der Waals surface area contributed by atoms with Gasteiger partial charge in [-0.25, -0.2) is 14.5 Å². The molecule has 5 heteroatoms. The van der Waals surface area contributed by atoms with Gasteiger partial charge in [0.2, 0.25) is 0 Å². The summed E-state index contributed by atoms with van der Waals surface area (Å²) in [6.45, 7) is 3.45. The minimum Gasteiger partial charge on any atom is -0.464 e. The molecule has 1 aliphatic carbocycles. The number of imide groups is 1. The van der Waals surface area contributed by atoms with Crippen LogP contribution in [-0.4, -0.2) is 32.8 Å². The fourth-order valence-electron chi connectivity index (χ4n) is 1.50. The maximum atomic E-state index is 10.8. The van der Waals surface area contributed by atoms with Gasteiger partial charge in [-0.3, -0.25) is 0 Å². The van der Waals surface area contributed by atoms with Gasteiger partial charge in [0.25, 0.3) is 0 Å². The summed E-state index contributed by atoms with van der Waals surface area (Å²) >= 11 is 0. The molecule has 0 heterocycles. The first-order chi connectivity index (χ1) is 6.87. The smallest absolute Gasteiger partial charge is 0.417 e. The second kappa shape index (κ2) is 3.76. The van der Waals surface area contributed by atoms with E-state index in [0.29, 0.717) is 11.3 Å². The Bertz CT molecular complexity index is 344. The summed E-state index contributed by atoms with van der Waals surface area (Å²) in [6.07, 6.45) is 2.60. The van der Waals surface area contributed by atoms with Crippen LogP contribution >= 0.6 is 0 Å². The van der Waals surface area contributed by atoms with Gasteiger partial charge in [0.05, 0.1) is 5.54 Å². The second-order valence-electron chi connectivity index (χ2n) is 3.74. The molecule has 0 saturated heterocycles. The highest BCUT2D eigenvalue weighted by molar-refractivity contribution is 5.87. The van der Waals surface area contributed by atoms with Crippen LogP contribution in [0.1, 0.15) is 20.3 Å². The van der Waals surface area contributed by atoms with Crippen molar-refractivity contribution in [1.82, 2.24) is 4.90 Å². The van der Waals surface area contributed by atoms with E-state index in [1.165, 1.54) is 0 Å².